The number of aromatic nitrogens is 1. The van der Waals surface area contributed by atoms with Crippen molar-refractivity contribution in [1.29, 1.82) is 5.26 Å². The summed E-state index contributed by atoms with van der Waals surface area (Å²) in [6.07, 6.45) is 0. The van der Waals surface area contributed by atoms with Gasteiger partial charge in [-0.2, -0.15) is 5.26 Å². The number of H-pyrrole nitrogens is 1. The first kappa shape index (κ1) is 14.6. The largest absolute Gasteiger partial charge is 0.354 e. The summed E-state index contributed by atoms with van der Waals surface area (Å²) in [5, 5.41) is 10.2. The van der Waals surface area contributed by atoms with Gasteiger partial charge in [-0.3, -0.25) is 0 Å². The fourth-order valence-electron chi connectivity index (χ4n) is 2.74. The number of rotatable bonds is 3. The normalized spacial score (nSPS) is 10.6. The molecule has 0 aliphatic carbocycles. The third kappa shape index (κ3) is 2.68. The second-order valence-electron chi connectivity index (χ2n) is 5.48. The first-order chi connectivity index (χ1) is 11.8. The lowest BCUT2D eigenvalue weighted by molar-refractivity contribution is 1.38. The molecule has 0 aliphatic heterocycles. The zero-order valence-corrected chi connectivity index (χ0v) is 13.7. The van der Waals surface area contributed by atoms with Gasteiger partial charge in [0.05, 0.1) is 17.3 Å². The van der Waals surface area contributed by atoms with E-state index in [-0.39, 0.29) is 0 Å². The number of hydrogen-bond acceptors (Lipinski definition) is 2. The van der Waals surface area contributed by atoms with Gasteiger partial charge in [-0.1, -0.05) is 60.3 Å². The summed E-state index contributed by atoms with van der Waals surface area (Å²) >= 11 is 1.76. The summed E-state index contributed by atoms with van der Waals surface area (Å²) in [6, 6.07) is 28.6. The van der Waals surface area contributed by atoms with E-state index < -0.39 is 0 Å². The molecule has 4 aromatic rings. The van der Waals surface area contributed by atoms with Crippen LogP contribution in [0.4, 0.5) is 0 Å². The summed E-state index contributed by atoms with van der Waals surface area (Å²) < 4.78 is 0. The molecule has 1 N–H and O–H groups in total. The number of benzene rings is 3. The Hall–Kier alpha value is -2.96. The van der Waals surface area contributed by atoms with Gasteiger partial charge in [0.15, 0.2) is 0 Å². The molecular formula is C21H14N2S. The second-order valence-corrected chi connectivity index (χ2v) is 6.56. The van der Waals surface area contributed by atoms with Crippen LogP contribution in [0.5, 0.6) is 0 Å². The monoisotopic (exact) mass is 326 g/mol. The summed E-state index contributed by atoms with van der Waals surface area (Å²) in [7, 11) is 0. The van der Waals surface area contributed by atoms with Crippen LogP contribution in [0.15, 0.2) is 88.7 Å². The van der Waals surface area contributed by atoms with Crippen LogP contribution < -0.4 is 0 Å². The number of aromatic amines is 1. The van der Waals surface area contributed by atoms with Crippen molar-refractivity contribution in [2.75, 3.05) is 0 Å². The van der Waals surface area contributed by atoms with E-state index in [1.807, 2.05) is 36.4 Å². The van der Waals surface area contributed by atoms with Gasteiger partial charge in [0.2, 0.25) is 0 Å². The van der Waals surface area contributed by atoms with Crippen molar-refractivity contribution in [1.82, 2.24) is 4.98 Å². The van der Waals surface area contributed by atoms with Gasteiger partial charge in [0.25, 0.3) is 0 Å². The van der Waals surface area contributed by atoms with Gasteiger partial charge in [0, 0.05) is 20.7 Å². The second kappa shape index (κ2) is 6.27. The molecule has 0 bridgehead atoms. The summed E-state index contributed by atoms with van der Waals surface area (Å²) in [6.45, 7) is 0. The van der Waals surface area contributed by atoms with Crippen molar-refractivity contribution in [3.63, 3.8) is 0 Å². The number of nitrogens with one attached hydrogen (secondary N) is 1. The van der Waals surface area contributed by atoms with Gasteiger partial charge >= 0.3 is 0 Å². The van der Waals surface area contributed by atoms with Crippen molar-refractivity contribution in [3.8, 4) is 17.3 Å². The quantitative estimate of drug-likeness (QED) is 0.512. The molecule has 24 heavy (non-hydrogen) atoms. The maximum Gasteiger partial charge on any atom is 0.0991 e. The molecule has 0 radical (unpaired) electrons. The average molecular weight is 326 g/mol. The Morgan fingerprint density at radius 1 is 0.792 bits per heavy atom. The summed E-state index contributed by atoms with van der Waals surface area (Å²) in [5.41, 5.74) is 3.97. The lowest BCUT2D eigenvalue weighted by Crippen LogP contribution is -1.82. The Morgan fingerprint density at radius 3 is 2.25 bits per heavy atom. The van der Waals surface area contributed by atoms with Crippen LogP contribution in [-0.4, -0.2) is 4.98 Å². The molecule has 114 valence electrons. The molecule has 0 unspecified atom stereocenters. The number of hydrogen-bond donors (Lipinski definition) is 1. The first-order valence-corrected chi connectivity index (χ1v) is 8.51. The van der Waals surface area contributed by atoms with Crippen molar-refractivity contribution in [3.05, 3.63) is 84.4 Å². The lowest BCUT2D eigenvalue weighted by Gasteiger charge is -2.05. The summed E-state index contributed by atoms with van der Waals surface area (Å²) in [5.74, 6) is 0. The Bertz CT molecular complexity index is 1030. The highest BCUT2D eigenvalue weighted by Gasteiger charge is 2.14. The number of nitriles is 1. The van der Waals surface area contributed by atoms with Gasteiger partial charge < -0.3 is 4.98 Å². The third-order valence-electron chi connectivity index (χ3n) is 3.92. The molecule has 3 aromatic carbocycles. The molecule has 0 spiro atoms. The van der Waals surface area contributed by atoms with Crippen LogP contribution in [0.25, 0.3) is 22.2 Å². The van der Waals surface area contributed by atoms with E-state index in [9.17, 15) is 0 Å². The molecule has 0 aliphatic rings. The Balaban J connectivity index is 1.87. The average Bonchev–Trinajstić information content (AvgIpc) is 3.01. The molecule has 0 saturated carbocycles. The molecule has 0 amide bonds. The predicted molar refractivity (Wildman–Crippen MR) is 99.0 cm³/mol. The molecule has 0 saturated heterocycles. The molecule has 1 heterocycles. The zero-order chi connectivity index (χ0) is 16.4. The van der Waals surface area contributed by atoms with Crippen LogP contribution in [-0.2, 0) is 0 Å². The van der Waals surface area contributed by atoms with Crippen molar-refractivity contribution >= 4 is 22.7 Å². The van der Waals surface area contributed by atoms with Crippen LogP contribution in [0, 0.1) is 11.3 Å². The van der Waals surface area contributed by atoms with Gasteiger partial charge in [-0.15, -0.1) is 0 Å². The van der Waals surface area contributed by atoms with E-state index in [1.54, 1.807) is 11.8 Å². The van der Waals surface area contributed by atoms with Crippen molar-refractivity contribution < 1.29 is 0 Å². The predicted octanol–water partition coefficient (Wildman–Crippen LogP) is 5.86. The SMILES string of the molecule is N#Cc1ccc(-c2[nH]c3ccccc3c2Sc2ccccc2)cc1. The molecular weight excluding hydrogens is 312 g/mol. The maximum atomic E-state index is 9.00. The zero-order valence-electron chi connectivity index (χ0n) is 12.9. The van der Waals surface area contributed by atoms with Crippen molar-refractivity contribution in [2.24, 2.45) is 0 Å². The minimum Gasteiger partial charge on any atom is -0.354 e. The van der Waals surface area contributed by atoms with E-state index in [2.05, 4.69) is 53.5 Å². The fraction of sp³-hybridized carbons (Fsp3) is 0. The van der Waals surface area contributed by atoms with Crippen LogP contribution in [0.2, 0.25) is 0 Å². The number of para-hydroxylation sites is 1. The van der Waals surface area contributed by atoms with E-state index in [4.69, 9.17) is 5.26 Å². The molecule has 0 atom stereocenters. The highest BCUT2D eigenvalue weighted by atomic mass is 32.2. The van der Waals surface area contributed by atoms with E-state index in [0.717, 1.165) is 16.8 Å². The van der Waals surface area contributed by atoms with Crippen LogP contribution in [0.3, 0.4) is 0 Å². The highest BCUT2D eigenvalue weighted by molar-refractivity contribution is 7.99. The Kier molecular flexibility index (Phi) is 3.82. The van der Waals surface area contributed by atoms with E-state index in [0.29, 0.717) is 5.56 Å². The molecule has 0 fully saturated rings. The van der Waals surface area contributed by atoms with E-state index in [1.165, 1.54) is 15.2 Å². The number of fused-ring (bicyclic) bond motifs is 1. The molecule has 2 nitrogen and oxygen atoms in total. The minimum absolute atomic E-state index is 0.673. The van der Waals surface area contributed by atoms with Crippen molar-refractivity contribution in [2.45, 2.75) is 9.79 Å². The fourth-order valence-corrected chi connectivity index (χ4v) is 3.83. The topological polar surface area (TPSA) is 39.6 Å². The maximum absolute atomic E-state index is 9.00. The number of nitrogens with zero attached hydrogens (tertiary/aromatic N) is 1. The standard InChI is InChI=1S/C21H14N2S/c22-14-15-10-12-16(13-11-15)20-21(24-17-6-2-1-3-7-17)18-8-4-5-9-19(18)23-20/h1-13,23H. The Labute approximate surface area is 144 Å². The summed E-state index contributed by atoms with van der Waals surface area (Å²) in [4.78, 5) is 5.95. The first-order valence-electron chi connectivity index (χ1n) is 7.69. The smallest absolute Gasteiger partial charge is 0.0991 e. The van der Waals surface area contributed by atoms with Gasteiger partial charge in [-0.25, -0.2) is 0 Å². The molecule has 3 heteroatoms. The highest BCUT2D eigenvalue weighted by Crippen LogP contribution is 2.41. The minimum atomic E-state index is 0.673. The molecule has 4 rings (SSSR count). The molecule has 1 aromatic heterocycles. The van der Waals surface area contributed by atoms with Crippen LogP contribution in [0.1, 0.15) is 5.56 Å². The van der Waals surface area contributed by atoms with Gasteiger partial charge in [-0.05, 0) is 35.9 Å². The van der Waals surface area contributed by atoms with E-state index >= 15 is 0 Å². The Morgan fingerprint density at radius 2 is 1.50 bits per heavy atom. The third-order valence-corrected chi connectivity index (χ3v) is 5.06. The van der Waals surface area contributed by atoms with Gasteiger partial charge in [0.1, 0.15) is 0 Å². The van der Waals surface area contributed by atoms with Crippen LogP contribution >= 0.6 is 11.8 Å². The lowest BCUT2D eigenvalue weighted by atomic mass is 10.1.